The Labute approximate surface area is 86.6 Å². The summed E-state index contributed by atoms with van der Waals surface area (Å²) in [6, 6.07) is 1.60. The SMILES string of the molecule is CC(C)c1c(Cl)cc2c(c1F)OCO2. The Balaban J connectivity index is 2.62. The molecule has 76 valence electrons. The van der Waals surface area contributed by atoms with Crippen LogP contribution in [0.15, 0.2) is 6.07 Å². The third kappa shape index (κ3) is 1.32. The molecule has 1 aromatic rings. The molecule has 1 aromatic carbocycles. The molecule has 4 heteroatoms. The summed E-state index contributed by atoms with van der Waals surface area (Å²) in [6.07, 6.45) is 0. The molecule has 0 fully saturated rings. The van der Waals surface area contributed by atoms with Gasteiger partial charge in [-0.15, -0.1) is 0 Å². The van der Waals surface area contributed by atoms with Gasteiger partial charge in [-0.25, -0.2) is 4.39 Å². The summed E-state index contributed by atoms with van der Waals surface area (Å²) in [5.41, 5.74) is 0.482. The first-order chi connectivity index (χ1) is 6.61. The molecule has 1 heterocycles. The van der Waals surface area contributed by atoms with E-state index in [0.717, 1.165) is 0 Å². The van der Waals surface area contributed by atoms with Gasteiger partial charge in [-0.2, -0.15) is 0 Å². The lowest BCUT2D eigenvalue weighted by Crippen LogP contribution is -1.97. The van der Waals surface area contributed by atoms with Crippen molar-refractivity contribution in [1.82, 2.24) is 0 Å². The molecule has 0 unspecified atom stereocenters. The summed E-state index contributed by atoms with van der Waals surface area (Å²) in [5.74, 6) is 0.187. The average Bonchev–Trinajstić information content (AvgIpc) is 2.50. The summed E-state index contributed by atoms with van der Waals surface area (Å²) in [7, 11) is 0. The van der Waals surface area contributed by atoms with E-state index in [-0.39, 0.29) is 18.5 Å². The van der Waals surface area contributed by atoms with Crippen LogP contribution in [0.25, 0.3) is 0 Å². The van der Waals surface area contributed by atoms with Crippen molar-refractivity contribution < 1.29 is 13.9 Å². The molecule has 1 aliphatic heterocycles. The van der Waals surface area contributed by atoms with Gasteiger partial charge in [-0.05, 0) is 5.92 Å². The van der Waals surface area contributed by atoms with Gasteiger partial charge in [0.25, 0.3) is 0 Å². The number of ether oxygens (including phenoxy) is 2. The van der Waals surface area contributed by atoms with Crippen LogP contribution in [0.2, 0.25) is 5.02 Å². The molecular formula is C10H10ClFO2. The van der Waals surface area contributed by atoms with Crippen molar-refractivity contribution in [2.45, 2.75) is 19.8 Å². The Morgan fingerprint density at radius 1 is 1.43 bits per heavy atom. The first kappa shape index (κ1) is 9.59. The van der Waals surface area contributed by atoms with Crippen molar-refractivity contribution in [3.63, 3.8) is 0 Å². The largest absolute Gasteiger partial charge is 0.453 e. The predicted molar refractivity (Wildman–Crippen MR) is 51.6 cm³/mol. The second-order valence-electron chi connectivity index (χ2n) is 3.47. The van der Waals surface area contributed by atoms with E-state index >= 15 is 0 Å². The van der Waals surface area contributed by atoms with Crippen LogP contribution in [0.5, 0.6) is 11.5 Å². The minimum Gasteiger partial charge on any atom is -0.453 e. The van der Waals surface area contributed by atoms with Crippen LogP contribution in [-0.4, -0.2) is 6.79 Å². The standard InChI is InChI=1S/C10H10ClFO2/c1-5(2)8-6(11)3-7-10(9(8)12)14-4-13-7/h3,5H,4H2,1-2H3. The van der Waals surface area contributed by atoms with Gasteiger partial charge < -0.3 is 9.47 Å². The lowest BCUT2D eigenvalue weighted by molar-refractivity contribution is 0.170. The van der Waals surface area contributed by atoms with Crippen LogP contribution < -0.4 is 9.47 Å². The minimum absolute atomic E-state index is 0.0250. The minimum atomic E-state index is -0.403. The second-order valence-corrected chi connectivity index (χ2v) is 3.88. The summed E-state index contributed by atoms with van der Waals surface area (Å²) in [6.45, 7) is 3.82. The maximum atomic E-state index is 13.8. The number of rotatable bonds is 1. The van der Waals surface area contributed by atoms with E-state index in [1.165, 1.54) is 0 Å². The van der Waals surface area contributed by atoms with Crippen molar-refractivity contribution in [3.8, 4) is 11.5 Å². The summed E-state index contributed by atoms with van der Waals surface area (Å²) in [4.78, 5) is 0. The molecule has 0 aliphatic carbocycles. The van der Waals surface area contributed by atoms with Gasteiger partial charge >= 0.3 is 0 Å². The summed E-state index contributed by atoms with van der Waals surface area (Å²) < 4.78 is 23.9. The zero-order valence-electron chi connectivity index (χ0n) is 7.93. The Morgan fingerprint density at radius 3 is 2.79 bits per heavy atom. The maximum absolute atomic E-state index is 13.8. The highest BCUT2D eigenvalue weighted by molar-refractivity contribution is 6.31. The Kier molecular flexibility index (Phi) is 2.27. The fourth-order valence-electron chi connectivity index (χ4n) is 1.52. The first-order valence-electron chi connectivity index (χ1n) is 4.38. The van der Waals surface area contributed by atoms with Crippen LogP contribution in [0.1, 0.15) is 25.3 Å². The molecule has 0 amide bonds. The number of halogens is 2. The number of hydrogen-bond donors (Lipinski definition) is 0. The first-order valence-corrected chi connectivity index (χ1v) is 4.76. The molecule has 0 saturated heterocycles. The van der Waals surface area contributed by atoms with E-state index in [1.54, 1.807) is 6.07 Å². The van der Waals surface area contributed by atoms with Crippen LogP contribution in [0, 0.1) is 5.82 Å². The van der Waals surface area contributed by atoms with Gasteiger partial charge in [0.2, 0.25) is 12.5 Å². The molecule has 2 nitrogen and oxygen atoms in total. The Hall–Kier alpha value is -0.960. The highest BCUT2D eigenvalue weighted by Gasteiger charge is 2.25. The van der Waals surface area contributed by atoms with Crippen LogP contribution >= 0.6 is 11.6 Å². The molecule has 0 saturated carbocycles. The van der Waals surface area contributed by atoms with E-state index in [0.29, 0.717) is 16.3 Å². The van der Waals surface area contributed by atoms with Gasteiger partial charge in [0.1, 0.15) is 0 Å². The third-order valence-electron chi connectivity index (χ3n) is 2.17. The summed E-state index contributed by atoms with van der Waals surface area (Å²) >= 11 is 5.93. The molecule has 2 rings (SSSR count). The van der Waals surface area contributed by atoms with Crippen molar-refractivity contribution in [2.75, 3.05) is 6.79 Å². The smallest absolute Gasteiger partial charge is 0.231 e. The highest BCUT2D eigenvalue weighted by atomic mass is 35.5. The molecule has 1 aliphatic rings. The molecule has 0 atom stereocenters. The lowest BCUT2D eigenvalue weighted by atomic mass is 10.0. The highest BCUT2D eigenvalue weighted by Crippen LogP contribution is 2.42. The van der Waals surface area contributed by atoms with Crippen molar-refractivity contribution in [1.29, 1.82) is 0 Å². The van der Waals surface area contributed by atoms with Gasteiger partial charge in [0, 0.05) is 11.6 Å². The van der Waals surface area contributed by atoms with E-state index in [1.807, 2.05) is 13.8 Å². The van der Waals surface area contributed by atoms with Gasteiger partial charge in [0.15, 0.2) is 11.6 Å². The zero-order valence-corrected chi connectivity index (χ0v) is 8.69. The molecule has 0 radical (unpaired) electrons. The van der Waals surface area contributed by atoms with Crippen molar-refractivity contribution in [2.24, 2.45) is 0 Å². The Morgan fingerprint density at radius 2 is 2.14 bits per heavy atom. The molecule has 0 N–H and O–H groups in total. The third-order valence-corrected chi connectivity index (χ3v) is 2.48. The number of fused-ring (bicyclic) bond motifs is 1. The summed E-state index contributed by atoms with van der Waals surface area (Å²) in [5, 5.41) is 0.391. The molecule has 0 aromatic heterocycles. The van der Waals surface area contributed by atoms with Gasteiger partial charge in [-0.3, -0.25) is 0 Å². The fraction of sp³-hybridized carbons (Fsp3) is 0.400. The maximum Gasteiger partial charge on any atom is 0.231 e. The van der Waals surface area contributed by atoms with Gasteiger partial charge in [0.05, 0.1) is 5.02 Å². The molecule has 0 spiro atoms. The van der Waals surface area contributed by atoms with E-state index in [4.69, 9.17) is 21.1 Å². The van der Waals surface area contributed by atoms with E-state index < -0.39 is 5.82 Å². The monoisotopic (exact) mass is 216 g/mol. The van der Waals surface area contributed by atoms with Crippen molar-refractivity contribution in [3.05, 3.63) is 22.5 Å². The average molecular weight is 217 g/mol. The normalized spacial score (nSPS) is 13.8. The quantitative estimate of drug-likeness (QED) is 0.717. The Bertz CT molecular complexity index is 377. The van der Waals surface area contributed by atoms with Gasteiger partial charge in [-0.1, -0.05) is 25.4 Å². The van der Waals surface area contributed by atoms with Crippen LogP contribution in [0.4, 0.5) is 4.39 Å². The van der Waals surface area contributed by atoms with Crippen LogP contribution in [0.3, 0.4) is 0 Å². The number of hydrogen-bond acceptors (Lipinski definition) is 2. The second kappa shape index (κ2) is 3.31. The zero-order chi connectivity index (χ0) is 10.3. The fourth-order valence-corrected chi connectivity index (χ4v) is 1.92. The van der Waals surface area contributed by atoms with Crippen LogP contribution in [-0.2, 0) is 0 Å². The van der Waals surface area contributed by atoms with E-state index in [9.17, 15) is 4.39 Å². The van der Waals surface area contributed by atoms with E-state index in [2.05, 4.69) is 0 Å². The number of benzene rings is 1. The molecule has 0 bridgehead atoms. The van der Waals surface area contributed by atoms with Crippen molar-refractivity contribution >= 4 is 11.6 Å². The topological polar surface area (TPSA) is 18.5 Å². The predicted octanol–water partition coefficient (Wildman–Crippen LogP) is 3.33. The molecular weight excluding hydrogens is 207 g/mol. The molecule has 14 heavy (non-hydrogen) atoms. The lowest BCUT2D eigenvalue weighted by Gasteiger charge is -2.10.